The predicted molar refractivity (Wildman–Crippen MR) is 70.2 cm³/mol. The number of rotatable bonds is 3. The van der Waals surface area contributed by atoms with Gasteiger partial charge in [-0.1, -0.05) is 0 Å². The Labute approximate surface area is 115 Å². The van der Waals surface area contributed by atoms with Crippen molar-refractivity contribution in [2.75, 3.05) is 0 Å². The zero-order valence-corrected chi connectivity index (χ0v) is 10.7. The third-order valence-electron chi connectivity index (χ3n) is 2.74. The van der Waals surface area contributed by atoms with Crippen molar-refractivity contribution in [3.05, 3.63) is 59.2 Å². The average molecular weight is 274 g/mol. The number of hydrogen-bond acceptors (Lipinski definition) is 3. The van der Waals surface area contributed by atoms with Gasteiger partial charge in [-0.15, -0.1) is 0 Å². The number of halogens is 2. The molecule has 0 aliphatic carbocycles. The Kier molecular flexibility index (Phi) is 3.97. The summed E-state index contributed by atoms with van der Waals surface area (Å²) in [5.41, 5.74) is 6.37. The lowest BCUT2D eigenvalue weighted by molar-refractivity contribution is 0.433. The van der Waals surface area contributed by atoms with E-state index in [0.29, 0.717) is 5.56 Å². The summed E-state index contributed by atoms with van der Waals surface area (Å²) < 4.78 is 32.4. The van der Waals surface area contributed by atoms with E-state index < -0.39 is 17.7 Å². The van der Waals surface area contributed by atoms with Crippen molar-refractivity contribution in [2.24, 2.45) is 5.73 Å². The molecule has 0 bridgehead atoms. The summed E-state index contributed by atoms with van der Waals surface area (Å²) in [5.74, 6) is -0.864. The molecule has 2 N–H and O–H groups in total. The van der Waals surface area contributed by atoms with Gasteiger partial charge < -0.3 is 10.5 Å². The van der Waals surface area contributed by atoms with Crippen LogP contribution in [0.1, 0.15) is 24.1 Å². The lowest BCUT2D eigenvalue weighted by atomic mass is 10.1. The highest BCUT2D eigenvalue weighted by molar-refractivity contribution is 5.42. The van der Waals surface area contributed by atoms with E-state index >= 15 is 0 Å². The standard InChI is InChI=1S/C15H12F2N2O/c1-9(19)12-7-11(16)3-5-14(12)20-15-4-2-10(8-18)6-13(15)17/h2-7,9H,19H2,1H3/t9-/m0/s1. The van der Waals surface area contributed by atoms with Crippen molar-refractivity contribution < 1.29 is 13.5 Å². The van der Waals surface area contributed by atoms with Crippen molar-refractivity contribution in [2.45, 2.75) is 13.0 Å². The first-order valence-electron chi connectivity index (χ1n) is 5.94. The third kappa shape index (κ3) is 2.92. The van der Waals surface area contributed by atoms with Crippen LogP contribution in [0.25, 0.3) is 0 Å². The van der Waals surface area contributed by atoms with Crippen LogP contribution in [0.2, 0.25) is 0 Å². The molecule has 20 heavy (non-hydrogen) atoms. The topological polar surface area (TPSA) is 59.0 Å². The minimum Gasteiger partial charge on any atom is -0.454 e. The molecule has 0 saturated heterocycles. The van der Waals surface area contributed by atoms with Gasteiger partial charge >= 0.3 is 0 Å². The van der Waals surface area contributed by atoms with Gasteiger partial charge in [0, 0.05) is 11.6 Å². The summed E-state index contributed by atoms with van der Waals surface area (Å²) in [4.78, 5) is 0. The maximum absolute atomic E-state index is 13.8. The summed E-state index contributed by atoms with van der Waals surface area (Å²) in [6, 6.07) is 9.09. The van der Waals surface area contributed by atoms with Crippen molar-refractivity contribution in [1.29, 1.82) is 5.26 Å². The summed E-state index contributed by atoms with van der Waals surface area (Å²) in [5, 5.41) is 8.67. The molecule has 2 rings (SSSR count). The summed E-state index contributed by atoms with van der Waals surface area (Å²) >= 11 is 0. The van der Waals surface area contributed by atoms with Crippen LogP contribution in [0, 0.1) is 23.0 Å². The Bertz CT molecular complexity index is 678. The van der Waals surface area contributed by atoms with Crippen molar-refractivity contribution in [1.82, 2.24) is 0 Å². The zero-order valence-electron chi connectivity index (χ0n) is 10.7. The van der Waals surface area contributed by atoms with Gasteiger partial charge in [0.05, 0.1) is 11.6 Å². The molecule has 2 aromatic rings. The van der Waals surface area contributed by atoms with Crippen molar-refractivity contribution >= 4 is 0 Å². The maximum Gasteiger partial charge on any atom is 0.167 e. The lowest BCUT2D eigenvalue weighted by Gasteiger charge is -2.14. The van der Waals surface area contributed by atoms with Crippen molar-refractivity contribution in [3.63, 3.8) is 0 Å². The third-order valence-corrected chi connectivity index (χ3v) is 2.74. The molecule has 5 heteroatoms. The molecule has 0 aliphatic rings. The molecule has 0 unspecified atom stereocenters. The minimum atomic E-state index is -0.663. The SMILES string of the molecule is C[C@H](N)c1cc(F)ccc1Oc1ccc(C#N)cc1F. The Morgan fingerprint density at radius 1 is 1.15 bits per heavy atom. The molecular weight excluding hydrogens is 262 g/mol. The van der Waals surface area contributed by atoms with Gasteiger partial charge in [-0.3, -0.25) is 0 Å². The van der Waals surface area contributed by atoms with Gasteiger partial charge in [0.15, 0.2) is 11.6 Å². The molecule has 0 radical (unpaired) electrons. The van der Waals surface area contributed by atoms with Crippen LogP contribution in [0.3, 0.4) is 0 Å². The zero-order chi connectivity index (χ0) is 14.7. The van der Waals surface area contributed by atoms with Gasteiger partial charge in [0.1, 0.15) is 11.6 Å². The fourth-order valence-electron chi connectivity index (χ4n) is 1.74. The molecule has 1 atom stereocenters. The van der Waals surface area contributed by atoms with Crippen LogP contribution in [-0.4, -0.2) is 0 Å². The first-order valence-corrected chi connectivity index (χ1v) is 5.94. The maximum atomic E-state index is 13.8. The first kappa shape index (κ1) is 14.0. The van der Waals surface area contributed by atoms with Crippen molar-refractivity contribution in [3.8, 4) is 17.6 Å². The van der Waals surface area contributed by atoms with E-state index in [1.807, 2.05) is 6.07 Å². The van der Waals surface area contributed by atoms with Crippen LogP contribution in [0.4, 0.5) is 8.78 Å². The van der Waals surface area contributed by atoms with Crippen LogP contribution >= 0.6 is 0 Å². The normalized spacial score (nSPS) is 11.8. The molecule has 0 aromatic heterocycles. The quantitative estimate of drug-likeness (QED) is 0.929. The van der Waals surface area contributed by atoms with E-state index in [9.17, 15) is 8.78 Å². The van der Waals surface area contributed by atoms with E-state index in [1.165, 1.54) is 30.3 Å². The second kappa shape index (κ2) is 5.68. The molecule has 2 aromatic carbocycles. The number of nitrogens with zero attached hydrogens (tertiary/aromatic N) is 1. The summed E-state index contributed by atoms with van der Waals surface area (Å²) in [6.45, 7) is 1.68. The monoisotopic (exact) mass is 274 g/mol. The van der Waals surface area contributed by atoms with E-state index in [-0.39, 0.29) is 17.1 Å². The predicted octanol–water partition coefficient (Wildman–Crippen LogP) is 3.65. The summed E-state index contributed by atoms with van der Waals surface area (Å²) in [7, 11) is 0. The smallest absolute Gasteiger partial charge is 0.167 e. The van der Waals surface area contributed by atoms with Gasteiger partial charge in [-0.05, 0) is 43.3 Å². The van der Waals surface area contributed by atoms with Crippen LogP contribution in [0.15, 0.2) is 36.4 Å². The molecular formula is C15H12F2N2O. The molecule has 0 amide bonds. The summed E-state index contributed by atoms with van der Waals surface area (Å²) in [6.07, 6.45) is 0. The highest BCUT2D eigenvalue weighted by Crippen LogP contribution is 2.31. The number of nitriles is 1. The molecule has 0 fully saturated rings. The van der Waals surface area contributed by atoms with E-state index in [4.69, 9.17) is 15.7 Å². The van der Waals surface area contributed by atoms with Gasteiger partial charge in [-0.2, -0.15) is 5.26 Å². The Morgan fingerprint density at radius 2 is 1.85 bits per heavy atom. The fourth-order valence-corrected chi connectivity index (χ4v) is 1.74. The highest BCUT2D eigenvalue weighted by Gasteiger charge is 2.13. The minimum absolute atomic E-state index is 0.0440. The lowest BCUT2D eigenvalue weighted by Crippen LogP contribution is -2.07. The van der Waals surface area contributed by atoms with Crippen LogP contribution in [0.5, 0.6) is 11.5 Å². The second-order valence-corrected chi connectivity index (χ2v) is 4.33. The molecule has 102 valence electrons. The molecule has 0 aliphatic heterocycles. The molecule has 3 nitrogen and oxygen atoms in total. The van der Waals surface area contributed by atoms with E-state index in [2.05, 4.69) is 0 Å². The highest BCUT2D eigenvalue weighted by atomic mass is 19.1. The number of benzene rings is 2. The number of hydrogen-bond donors (Lipinski definition) is 1. The Balaban J connectivity index is 2.38. The molecule has 0 heterocycles. The van der Waals surface area contributed by atoms with Gasteiger partial charge in [0.2, 0.25) is 0 Å². The first-order chi connectivity index (χ1) is 9.51. The Morgan fingerprint density at radius 3 is 2.45 bits per heavy atom. The van der Waals surface area contributed by atoms with Crippen LogP contribution < -0.4 is 10.5 Å². The number of nitrogens with two attached hydrogens (primary N) is 1. The molecule has 0 saturated carbocycles. The Hall–Kier alpha value is -2.45. The van der Waals surface area contributed by atoms with E-state index in [1.54, 1.807) is 6.92 Å². The van der Waals surface area contributed by atoms with Crippen LogP contribution in [-0.2, 0) is 0 Å². The largest absolute Gasteiger partial charge is 0.454 e. The van der Waals surface area contributed by atoms with E-state index in [0.717, 1.165) is 6.07 Å². The van der Waals surface area contributed by atoms with Gasteiger partial charge in [-0.25, -0.2) is 8.78 Å². The van der Waals surface area contributed by atoms with Gasteiger partial charge in [0.25, 0.3) is 0 Å². The average Bonchev–Trinajstić information content (AvgIpc) is 2.42. The fraction of sp³-hybridized carbons (Fsp3) is 0.133. The molecule has 0 spiro atoms. The second-order valence-electron chi connectivity index (χ2n) is 4.33. The number of ether oxygens (including phenoxy) is 1.